The smallest absolute Gasteiger partial charge is 0.308 e. The monoisotopic (exact) mass is 536 g/mol. The third kappa shape index (κ3) is 4.49. The Labute approximate surface area is 173 Å². The Morgan fingerprint density at radius 3 is 1.81 bits per heavy atom. The number of allylic oxidation sites excluding steroid dienone is 4. The van der Waals surface area contributed by atoms with E-state index in [1.54, 1.807) is 34.6 Å². The Morgan fingerprint density at radius 1 is 1.00 bits per heavy atom. The highest BCUT2D eigenvalue weighted by atomic mass is 79.9. The molecular weight excluding hydrogens is 510 g/mol. The SMILES string of the molecule is CCOP(=O)(OCC)C1=C(C)C(Br)=CC(C)C1(Br)P(=O)(OCC)OCC. The first-order chi connectivity index (χ1) is 12.1. The quantitative estimate of drug-likeness (QED) is 0.225. The van der Waals surface area contributed by atoms with Crippen LogP contribution in [0.25, 0.3) is 0 Å². The molecule has 0 bridgehead atoms. The molecule has 26 heavy (non-hydrogen) atoms. The molecule has 0 aliphatic heterocycles. The third-order valence-electron chi connectivity index (χ3n) is 3.91. The van der Waals surface area contributed by atoms with E-state index in [0.717, 1.165) is 4.48 Å². The summed E-state index contributed by atoms with van der Waals surface area (Å²) in [5.41, 5.74) is 0.629. The van der Waals surface area contributed by atoms with E-state index in [1.165, 1.54) is 0 Å². The second-order valence-electron chi connectivity index (χ2n) is 5.62. The van der Waals surface area contributed by atoms with Crippen molar-refractivity contribution in [1.29, 1.82) is 0 Å². The van der Waals surface area contributed by atoms with E-state index in [-0.39, 0.29) is 37.7 Å². The van der Waals surface area contributed by atoms with E-state index in [9.17, 15) is 9.13 Å². The van der Waals surface area contributed by atoms with Gasteiger partial charge in [0.1, 0.15) is 0 Å². The van der Waals surface area contributed by atoms with Crippen LogP contribution in [0.15, 0.2) is 21.4 Å². The highest BCUT2D eigenvalue weighted by molar-refractivity contribution is 9.12. The van der Waals surface area contributed by atoms with Gasteiger partial charge in [0.25, 0.3) is 0 Å². The van der Waals surface area contributed by atoms with Crippen LogP contribution in [0.3, 0.4) is 0 Å². The standard InChI is InChI=1S/C16H28Br2O6P2/c1-7-21-25(19,22-8-2)15-13(6)14(17)11-12(5)16(15,18)26(20,23-9-3)24-10-4/h11-12H,7-10H2,1-6H3. The van der Waals surface area contributed by atoms with Gasteiger partial charge in [-0.1, -0.05) is 44.9 Å². The minimum Gasteiger partial charge on any atom is -0.308 e. The summed E-state index contributed by atoms with van der Waals surface area (Å²) in [5.74, 6) is -0.367. The van der Waals surface area contributed by atoms with Gasteiger partial charge in [-0.15, -0.1) is 0 Å². The Kier molecular flexibility index (Phi) is 9.51. The van der Waals surface area contributed by atoms with Crippen LogP contribution in [-0.2, 0) is 27.2 Å². The zero-order valence-electron chi connectivity index (χ0n) is 16.1. The van der Waals surface area contributed by atoms with Crippen LogP contribution in [0.1, 0.15) is 41.5 Å². The second-order valence-corrected chi connectivity index (χ2v) is 12.5. The van der Waals surface area contributed by atoms with E-state index in [0.29, 0.717) is 5.57 Å². The molecule has 0 aromatic heterocycles. The lowest BCUT2D eigenvalue weighted by molar-refractivity contribution is 0.202. The lowest BCUT2D eigenvalue weighted by atomic mass is 9.98. The third-order valence-corrected chi connectivity index (χ3v) is 12.7. The normalized spacial score (nSPS) is 24.8. The Bertz CT molecular complexity index is 643. The van der Waals surface area contributed by atoms with Crippen molar-refractivity contribution >= 4 is 47.1 Å². The predicted molar refractivity (Wildman–Crippen MR) is 112 cm³/mol. The van der Waals surface area contributed by atoms with Gasteiger partial charge in [-0.2, -0.15) is 0 Å². The van der Waals surface area contributed by atoms with Gasteiger partial charge in [-0.05, 0) is 40.2 Å². The summed E-state index contributed by atoms with van der Waals surface area (Å²) in [6, 6.07) is 0. The number of halogens is 2. The van der Waals surface area contributed by atoms with Crippen molar-refractivity contribution in [3.8, 4) is 0 Å². The fourth-order valence-corrected chi connectivity index (χ4v) is 10.3. The molecule has 152 valence electrons. The molecule has 0 N–H and O–H groups in total. The number of alkyl halides is 1. The van der Waals surface area contributed by atoms with Gasteiger partial charge < -0.3 is 18.1 Å². The first kappa shape index (κ1) is 24.8. The maximum absolute atomic E-state index is 13.8. The molecule has 0 heterocycles. The number of hydrogen-bond donors (Lipinski definition) is 0. The molecular formula is C16H28Br2O6P2. The molecule has 2 unspecified atom stereocenters. The molecule has 0 fully saturated rings. The first-order valence-corrected chi connectivity index (χ1v) is 13.3. The van der Waals surface area contributed by atoms with Crippen LogP contribution in [0, 0.1) is 5.92 Å². The Morgan fingerprint density at radius 2 is 1.42 bits per heavy atom. The van der Waals surface area contributed by atoms with Crippen LogP contribution in [0.4, 0.5) is 0 Å². The largest absolute Gasteiger partial charge is 0.359 e. The average Bonchev–Trinajstić information content (AvgIpc) is 2.54. The lowest BCUT2D eigenvalue weighted by Crippen LogP contribution is -2.36. The average molecular weight is 538 g/mol. The zero-order chi connectivity index (χ0) is 20.2. The summed E-state index contributed by atoms with van der Waals surface area (Å²) >= 11 is 7.13. The Hall–Kier alpha value is 0.740. The lowest BCUT2D eigenvalue weighted by Gasteiger charge is -2.43. The van der Waals surface area contributed by atoms with Crippen LogP contribution in [-0.4, -0.2) is 30.5 Å². The molecule has 1 aliphatic carbocycles. The van der Waals surface area contributed by atoms with Gasteiger partial charge in [-0.25, -0.2) is 0 Å². The summed E-state index contributed by atoms with van der Waals surface area (Å²) in [5, 5.41) is 0.279. The summed E-state index contributed by atoms with van der Waals surface area (Å²) in [4.78, 5) is 0. The molecule has 1 rings (SSSR count). The van der Waals surface area contributed by atoms with Crippen molar-refractivity contribution in [2.45, 2.75) is 45.6 Å². The highest BCUT2D eigenvalue weighted by Gasteiger charge is 2.62. The van der Waals surface area contributed by atoms with Crippen molar-refractivity contribution < 1.29 is 27.2 Å². The van der Waals surface area contributed by atoms with Crippen molar-refractivity contribution in [2.24, 2.45) is 5.92 Å². The molecule has 6 nitrogen and oxygen atoms in total. The summed E-state index contributed by atoms with van der Waals surface area (Å²) < 4.78 is 49.3. The van der Waals surface area contributed by atoms with Gasteiger partial charge >= 0.3 is 15.2 Å². The Balaban J connectivity index is 3.81. The maximum Gasteiger partial charge on any atom is 0.359 e. The molecule has 0 aromatic rings. The topological polar surface area (TPSA) is 71.1 Å². The fourth-order valence-electron chi connectivity index (χ4n) is 2.89. The summed E-state index contributed by atoms with van der Waals surface area (Å²) in [6.07, 6.45) is 1.89. The summed E-state index contributed by atoms with van der Waals surface area (Å²) in [6.45, 7) is 11.3. The van der Waals surface area contributed by atoms with Crippen LogP contribution in [0.5, 0.6) is 0 Å². The molecule has 0 saturated heterocycles. The van der Waals surface area contributed by atoms with Gasteiger partial charge in [0, 0.05) is 10.4 Å². The van der Waals surface area contributed by atoms with E-state index in [1.807, 2.05) is 13.0 Å². The van der Waals surface area contributed by atoms with Gasteiger partial charge in [-0.3, -0.25) is 9.13 Å². The number of hydrogen-bond acceptors (Lipinski definition) is 6. The fraction of sp³-hybridized carbons (Fsp3) is 0.750. The molecule has 0 radical (unpaired) electrons. The molecule has 0 amide bonds. The molecule has 0 spiro atoms. The molecule has 10 heteroatoms. The first-order valence-electron chi connectivity index (χ1n) is 8.64. The van der Waals surface area contributed by atoms with Crippen LogP contribution in [0.2, 0.25) is 0 Å². The predicted octanol–water partition coefficient (Wildman–Crippen LogP) is 6.81. The summed E-state index contributed by atoms with van der Waals surface area (Å²) in [7, 11) is -7.53. The van der Waals surface area contributed by atoms with E-state index < -0.39 is 19.3 Å². The molecule has 2 atom stereocenters. The van der Waals surface area contributed by atoms with E-state index in [2.05, 4.69) is 31.9 Å². The van der Waals surface area contributed by atoms with E-state index in [4.69, 9.17) is 18.1 Å². The van der Waals surface area contributed by atoms with Gasteiger partial charge in [0.05, 0.1) is 31.7 Å². The molecule has 1 aliphatic rings. The van der Waals surface area contributed by atoms with Crippen molar-refractivity contribution in [3.63, 3.8) is 0 Å². The minimum absolute atomic E-state index is 0.181. The van der Waals surface area contributed by atoms with Gasteiger partial charge in [0.15, 0.2) is 4.07 Å². The molecule has 0 aromatic carbocycles. The van der Waals surface area contributed by atoms with Gasteiger partial charge in [0.2, 0.25) is 0 Å². The van der Waals surface area contributed by atoms with Crippen molar-refractivity contribution in [3.05, 3.63) is 21.4 Å². The van der Waals surface area contributed by atoms with Crippen LogP contribution >= 0.6 is 47.1 Å². The van der Waals surface area contributed by atoms with Crippen molar-refractivity contribution in [2.75, 3.05) is 26.4 Å². The molecule has 0 saturated carbocycles. The van der Waals surface area contributed by atoms with E-state index >= 15 is 0 Å². The highest BCUT2D eigenvalue weighted by Crippen LogP contribution is 2.78. The second kappa shape index (κ2) is 9.98. The minimum atomic E-state index is -3.77. The maximum atomic E-state index is 13.8. The van der Waals surface area contributed by atoms with Crippen molar-refractivity contribution in [1.82, 2.24) is 0 Å². The number of rotatable bonds is 10. The zero-order valence-corrected chi connectivity index (χ0v) is 21.0. The van der Waals surface area contributed by atoms with Crippen LogP contribution < -0.4 is 0 Å².